The molecule has 0 bridgehead atoms. The van der Waals surface area contributed by atoms with Crippen LogP contribution in [-0.4, -0.2) is 80.3 Å². The topological polar surface area (TPSA) is 50.9 Å². The molecule has 238 valence electrons. The van der Waals surface area contributed by atoms with Crippen molar-refractivity contribution in [3.63, 3.8) is 0 Å². The van der Waals surface area contributed by atoms with Gasteiger partial charge >= 0.3 is 0 Å². The van der Waals surface area contributed by atoms with Gasteiger partial charge in [-0.15, -0.1) is 0 Å². The quantitative estimate of drug-likeness (QED) is 0.202. The second-order valence-electron chi connectivity index (χ2n) is 13.9. The Bertz CT molecular complexity index is 891. The van der Waals surface area contributed by atoms with Crippen LogP contribution < -0.4 is 15.5 Å². The fourth-order valence-corrected chi connectivity index (χ4v) is 8.24. The molecule has 2 heterocycles. The highest BCUT2D eigenvalue weighted by molar-refractivity contribution is 5.94. The van der Waals surface area contributed by atoms with Gasteiger partial charge in [-0.2, -0.15) is 0 Å². The van der Waals surface area contributed by atoms with E-state index in [0.717, 1.165) is 70.2 Å². The van der Waals surface area contributed by atoms with Crippen LogP contribution in [0, 0.1) is 11.8 Å². The highest BCUT2D eigenvalue weighted by atomic mass is 16.2. The van der Waals surface area contributed by atoms with E-state index in [4.69, 9.17) is 0 Å². The van der Waals surface area contributed by atoms with E-state index in [1.165, 1.54) is 76.3 Å². The molecule has 0 radical (unpaired) electrons. The minimum Gasteiger partial charge on any atom is -0.336 e. The summed E-state index contributed by atoms with van der Waals surface area (Å²) in [5.41, 5.74) is 0.851. The van der Waals surface area contributed by atoms with E-state index >= 15 is 0 Å². The number of para-hydroxylation sites is 1. The average Bonchev–Trinajstić information content (AvgIpc) is 3.23. The maximum Gasteiger partial charge on any atom is 0.250 e. The van der Waals surface area contributed by atoms with Crippen molar-refractivity contribution in [2.24, 2.45) is 11.8 Å². The largest absolute Gasteiger partial charge is 0.336 e. The van der Waals surface area contributed by atoms with E-state index in [-0.39, 0.29) is 6.17 Å². The molecule has 1 aromatic carbocycles. The van der Waals surface area contributed by atoms with Gasteiger partial charge in [0.15, 0.2) is 0 Å². The third kappa shape index (κ3) is 8.30. The van der Waals surface area contributed by atoms with Crippen LogP contribution in [0.4, 0.5) is 5.69 Å². The molecular formula is C36H63N5O. The monoisotopic (exact) mass is 582 g/mol. The summed E-state index contributed by atoms with van der Waals surface area (Å²) < 4.78 is 0. The van der Waals surface area contributed by atoms with Crippen LogP contribution in [0.15, 0.2) is 30.3 Å². The predicted molar refractivity (Wildman–Crippen MR) is 178 cm³/mol. The van der Waals surface area contributed by atoms with Crippen LogP contribution in [0.2, 0.25) is 0 Å². The van der Waals surface area contributed by atoms with Crippen molar-refractivity contribution in [2.75, 3.05) is 51.7 Å². The van der Waals surface area contributed by atoms with Crippen LogP contribution >= 0.6 is 0 Å². The molecule has 2 aliphatic heterocycles. The fourth-order valence-electron chi connectivity index (χ4n) is 8.24. The molecule has 6 nitrogen and oxygen atoms in total. The van der Waals surface area contributed by atoms with Crippen LogP contribution in [-0.2, 0) is 4.79 Å². The molecule has 2 N–H and O–H groups in total. The van der Waals surface area contributed by atoms with Gasteiger partial charge in [-0.1, -0.05) is 57.7 Å². The summed E-state index contributed by atoms with van der Waals surface area (Å²) in [6.07, 6.45) is 18.3. The number of hydrogen-bond donors (Lipinski definition) is 2. The van der Waals surface area contributed by atoms with Crippen molar-refractivity contribution in [1.29, 1.82) is 0 Å². The van der Waals surface area contributed by atoms with E-state index in [1.807, 2.05) is 14.1 Å². The van der Waals surface area contributed by atoms with Crippen molar-refractivity contribution in [3.8, 4) is 0 Å². The molecule has 1 aliphatic carbocycles. The van der Waals surface area contributed by atoms with E-state index in [0.29, 0.717) is 11.9 Å². The first-order valence-corrected chi connectivity index (χ1v) is 17.7. The van der Waals surface area contributed by atoms with Gasteiger partial charge in [-0.3, -0.25) is 4.79 Å². The first-order chi connectivity index (χ1) is 20.5. The van der Waals surface area contributed by atoms with E-state index < -0.39 is 5.54 Å². The number of likely N-dealkylation sites (tertiary alicyclic amines) is 1. The Morgan fingerprint density at radius 1 is 0.810 bits per heavy atom. The normalized spacial score (nSPS) is 24.8. The Labute approximate surface area is 258 Å². The number of carbonyl (C=O) groups is 1. The zero-order chi connectivity index (χ0) is 29.8. The third-order valence-corrected chi connectivity index (χ3v) is 10.9. The summed E-state index contributed by atoms with van der Waals surface area (Å²) in [6.45, 7) is 9.98. The van der Waals surface area contributed by atoms with Gasteiger partial charge in [0.2, 0.25) is 5.91 Å². The highest BCUT2D eigenvalue weighted by Gasteiger charge is 2.58. The van der Waals surface area contributed by atoms with Crippen molar-refractivity contribution in [2.45, 2.75) is 128 Å². The summed E-state index contributed by atoms with van der Waals surface area (Å²) in [5, 5.41) is 6.56. The van der Waals surface area contributed by atoms with Gasteiger partial charge in [0, 0.05) is 31.4 Å². The zero-order valence-corrected chi connectivity index (χ0v) is 27.6. The molecule has 42 heavy (non-hydrogen) atoms. The number of benzene rings is 1. The van der Waals surface area contributed by atoms with Gasteiger partial charge in [0.05, 0.1) is 0 Å². The van der Waals surface area contributed by atoms with E-state index in [1.54, 1.807) is 0 Å². The molecule has 3 aliphatic rings. The highest BCUT2D eigenvalue weighted by Crippen LogP contribution is 2.45. The van der Waals surface area contributed by atoms with Crippen LogP contribution in [0.1, 0.15) is 110 Å². The van der Waals surface area contributed by atoms with Crippen LogP contribution in [0.3, 0.4) is 0 Å². The van der Waals surface area contributed by atoms with Crippen LogP contribution in [0.5, 0.6) is 0 Å². The van der Waals surface area contributed by atoms with Crippen LogP contribution in [0.25, 0.3) is 0 Å². The Hall–Kier alpha value is -1.63. The lowest BCUT2D eigenvalue weighted by Gasteiger charge is -2.48. The van der Waals surface area contributed by atoms with Gasteiger partial charge in [-0.05, 0) is 122 Å². The van der Waals surface area contributed by atoms with Gasteiger partial charge in [0.1, 0.15) is 11.7 Å². The lowest BCUT2D eigenvalue weighted by molar-refractivity contribution is -0.135. The number of hydrogen-bond acceptors (Lipinski definition) is 5. The number of amides is 1. The first kappa shape index (κ1) is 33.3. The second-order valence-corrected chi connectivity index (χ2v) is 13.9. The van der Waals surface area contributed by atoms with Gasteiger partial charge < -0.3 is 25.3 Å². The number of rotatable bonds is 17. The van der Waals surface area contributed by atoms with Gasteiger partial charge in [-0.25, -0.2) is 0 Å². The molecule has 0 aromatic heterocycles. The summed E-state index contributed by atoms with van der Waals surface area (Å²) in [6, 6.07) is 11.7. The molecule has 1 unspecified atom stereocenters. The summed E-state index contributed by atoms with van der Waals surface area (Å²) in [5.74, 6) is 2.12. The second kappa shape index (κ2) is 17.0. The standard InChI is InChI=1S/C36H63N5O/c1-30(2)31-19-21-32(22-20-31)39-28-23-36(24-29-39)35(42)40(27-15-8-7-14-26-38-4)34(18-12-5-6-13-25-37-3)41(36)33-16-10-9-11-17-33/h9-11,16-17,30-32,34,37-38H,5-8,12-15,18-29H2,1-4H3/t31-,32+,34?. The number of nitrogens with one attached hydrogen (secondary N) is 2. The zero-order valence-electron chi connectivity index (χ0n) is 27.6. The van der Waals surface area contributed by atoms with Crippen molar-refractivity contribution in [1.82, 2.24) is 20.4 Å². The van der Waals surface area contributed by atoms with E-state index in [9.17, 15) is 4.79 Å². The maximum absolute atomic E-state index is 14.7. The molecule has 1 saturated carbocycles. The number of piperidine rings is 1. The smallest absolute Gasteiger partial charge is 0.250 e. The third-order valence-electron chi connectivity index (χ3n) is 10.9. The predicted octanol–water partition coefficient (Wildman–Crippen LogP) is 6.66. The average molecular weight is 582 g/mol. The molecular weight excluding hydrogens is 518 g/mol. The number of carbonyl (C=O) groups excluding carboxylic acids is 1. The molecule has 1 aromatic rings. The number of unbranched alkanes of at least 4 members (excludes halogenated alkanes) is 6. The SMILES string of the molecule is CNCCCCCCC1N(CCCCCCNC)C(=O)C2(CCN([C@H]3CC[C@@H](C(C)C)CC3)CC2)N1c1ccccc1. The number of anilines is 1. The van der Waals surface area contributed by atoms with Gasteiger partial charge in [0.25, 0.3) is 0 Å². The Morgan fingerprint density at radius 3 is 2.00 bits per heavy atom. The summed E-state index contributed by atoms with van der Waals surface area (Å²) in [7, 11) is 4.08. The van der Waals surface area contributed by atoms with E-state index in [2.05, 4.69) is 69.5 Å². The molecule has 1 atom stereocenters. The molecule has 6 heteroatoms. The first-order valence-electron chi connectivity index (χ1n) is 17.7. The minimum absolute atomic E-state index is 0.175. The molecule has 1 spiro atoms. The number of nitrogens with zero attached hydrogens (tertiary/aromatic N) is 3. The molecule has 3 fully saturated rings. The Balaban J connectivity index is 1.49. The maximum atomic E-state index is 14.7. The minimum atomic E-state index is -0.393. The van der Waals surface area contributed by atoms with Crippen molar-refractivity contribution < 1.29 is 4.79 Å². The Morgan fingerprint density at radius 2 is 1.40 bits per heavy atom. The molecule has 4 rings (SSSR count). The lowest BCUT2D eigenvalue weighted by atomic mass is 9.78. The summed E-state index contributed by atoms with van der Waals surface area (Å²) >= 11 is 0. The Kier molecular flexibility index (Phi) is 13.5. The lowest BCUT2D eigenvalue weighted by Crippen LogP contribution is -2.59. The molecule has 1 amide bonds. The summed E-state index contributed by atoms with van der Waals surface area (Å²) in [4.78, 5) is 22.4. The molecule has 2 saturated heterocycles. The van der Waals surface area contributed by atoms with Crippen molar-refractivity contribution >= 4 is 11.6 Å². The fraction of sp³-hybridized carbons (Fsp3) is 0.806. The van der Waals surface area contributed by atoms with Crippen molar-refractivity contribution in [3.05, 3.63) is 30.3 Å².